The normalized spacial score (nSPS) is 14.8. The molecule has 0 aliphatic carbocycles. The van der Waals surface area contributed by atoms with Crippen molar-refractivity contribution < 1.29 is 19.2 Å². The van der Waals surface area contributed by atoms with Gasteiger partial charge in [0.1, 0.15) is 5.75 Å². The first-order valence-corrected chi connectivity index (χ1v) is 9.92. The molecular weight excluding hydrogens is 390 g/mol. The molecule has 1 aliphatic heterocycles. The Labute approximate surface area is 175 Å². The van der Waals surface area contributed by atoms with Crippen LogP contribution in [0.1, 0.15) is 5.56 Å². The maximum absolute atomic E-state index is 12.5. The summed E-state index contributed by atoms with van der Waals surface area (Å²) in [7, 11) is 1.61. The number of hydrogen-bond donors (Lipinski definition) is 2. The van der Waals surface area contributed by atoms with Crippen LogP contribution in [0.5, 0.6) is 5.75 Å². The van der Waals surface area contributed by atoms with E-state index in [0.29, 0.717) is 30.3 Å². The van der Waals surface area contributed by atoms with E-state index in [1.54, 1.807) is 36.3 Å². The van der Waals surface area contributed by atoms with E-state index in [1.165, 1.54) is 0 Å². The van der Waals surface area contributed by atoms with Gasteiger partial charge in [-0.05, 0) is 24.3 Å². The third kappa shape index (κ3) is 5.82. The number of amides is 2. The van der Waals surface area contributed by atoms with Crippen LogP contribution in [0, 0.1) is 0 Å². The van der Waals surface area contributed by atoms with E-state index in [4.69, 9.17) is 16.3 Å². The molecule has 6 nitrogen and oxygen atoms in total. The van der Waals surface area contributed by atoms with Crippen molar-refractivity contribution in [3.63, 3.8) is 0 Å². The molecule has 2 N–H and O–H groups in total. The summed E-state index contributed by atoms with van der Waals surface area (Å²) >= 11 is 6.08. The molecule has 0 bridgehead atoms. The maximum Gasteiger partial charge on any atom is 0.279 e. The molecule has 1 heterocycles. The van der Waals surface area contributed by atoms with E-state index in [2.05, 4.69) is 5.32 Å². The van der Waals surface area contributed by atoms with Gasteiger partial charge in [0.2, 0.25) is 5.91 Å². The number of carbonyl (C=O) groups excluding carboxylic acids is 2. The van der Waals surface area contributed by atoms with Crippen LogP contribution in [0.25, 0.3) is 6.08 Å². The predicted octanol–water partition coefficient (Wildman–Crippen LogP) is 1.73. The number of ether oxygens (including phenoxy) is 1. The summed E-state index contributed by atoms with van der Waals surface area (Å²) in [5.74, 6) is 0.620. The van der Waals surface area contributed by atoms with E-state index >= 15 is 0 Å². The van der Waals surface area contributed by atoms with Gasteiger partial charge in [0.25, 0.3) is 5.91 Å². The fraction of sp³-hybridized carbons (Fsp3) is 0.273. The molecule has 0 spiro atoms. The molecule has 0 unspecified atom stereocenters. The topological polar surface area (TPSA) is 63.1 Å². The Morgan fingerprint density at radius 3 is 2.55 bits per heavy atom. The summed E-state index contributed by atoms with van der Waals surface area (Å²) in [5.41, 5.74) is 1.48. The van der Waals surface area contributed by atoms with Crippen LogP contribution in [0.3, 0.4) is 0 Å². The second-order valence-electron chi connectivity index (χ2n) is 6.86. The second kappa shape index (κ2) is 10.1. The van der Waals surface area contributed by atoms with Crippen LogP contribution >= 0.6 is 11.6 Å². The lowest BCUT2D eigenvalue weighted by atomic mass is 10.2. The molecule has 1 fully saturated rings. The number of rotatable bonds is 6. The van der Waals surface area contributed by atoms with E-state index in [1.807, 2.05) is 36.4 Å². The number of quaternary nitrogens is 1. The third-order valence-corrected chi connectivity index (χ3v) is 5.21. The zero-order valence-corrected chi connectivity index (χ0v) is 17.1. The molecule has 1 saturated heterocycles. The summed E-state index contributed by atoms with van der Waals surface area (Å²) in [4.78, 5) is 27.7. The van der Waals surface area contributed by atoms with Gasteiger partial charge in [-0.2, -0.15) is 0 Å². The number of nitrogens with zero attached hydrogens (tertiary/aromatic N) is 1. The molecule has 29 heavy (non-hydrogen) atoms. The van der Waals surface area contributed by atoms with Crippen molar-refractivity contribution in [1.29, 1.82) is 0 Å². The van der Waals surface area contributed by atoms with Gasteiger partial charge in [0.15, 0.2) is 6.54 Å². The van der Waals surface area contributed by atoms with Gasteiger partial charge < -0.3 is 19.9 Å². The van der Waals surface area contributed by atoms with Gasteiger partial charge in [-0.25, -0.2) is 0 Å². The Bertz CT molecular complexity index is 892. The smallest absolute Gasteiger partial charge is 0.279 e. The van der Waals surface area contributed by atoms with E-state index < -0.39 is 0 Å². The average Bonchev–Trinajstić information content (AvgIpc) is 2.74. The van der Waals surface area contributed by atoms with Crippen molar-refractivity contribution in [3.05, 3.63) is 65.2 Å². The number of methoxy groups -OCH3 is 1. The van der Waals surface area contributed by atoms with Gasteiger partial charge >= 0.3 is 0 Å². The SMILES string of the molecule is COc1ccccc1/C=C/C(=O)N1CC[NH+](CC(=O)Nc2ccccc2Cl)CC1. The van der Waals surface area contributed by atoms with Crippen molar-refractivity contribution in [2.75, 3.05) is 45.2 Å². The van der Waals surface area contributed by atoms with E-state index in [-0.39, 0.29) is 11.8 Å². The summed E-state index contributed by atoms with van der Waals surface area (Å²) in [6.45, 7) is 3.03. The quantitative estimate of drug-likeness (QED) is 0.707. The first kappa shape index (κ1) is 20.9. The lowest BCUT2D eigenvalue weighted by molar-refractivity contribution is -0.895. The minimum atomic E-state index is -0.0797. The molecule has 0 saturated carbocycles. The number of hydrogen-bond acceptors (Lipinski definition) is 3. The highest BCUT2D eigenvalue weighted by molar-refractivity contribution is 6.33. The Morgan fingerprint density at radius 2 is 1.83 bits per heavy atom. The molecule has 2 amide bonds. The van der Waals surface area contributed by atoms with Gasteiger partial charge in [0, 0.05) is 11.6 Å². The molecule has 152 valence electrons. The molecule has 0 radical (unpaired) electrons. The lowest BCUT2D eigenvalue weighted by Gasteiger charge is -2.31. The number of halogens is 1. The Balaban J connectivity index is 1.47. The molecule has 3 rings (SSSR count). The molecular formula is C22H25ClN3O3+. The molecule has 2 aromatic rings. The second-order valence-corrected chi connectivity index (χ2v) is 7.26. The highest BCUT2D eigenvalue weighted by Gasteiger charge is 2.24. The zero-order chi connectivity index (χ0) is 20.6. The molecule has 0 aromatic heterocycles. The van der Waals surface area contributed by atoms with Gasteiger partial charge in [-0.15, -0.1) is 0 Å². The number of piperazine rings is 1. The van der Waals surface area contributed by atoms with E-state index in [0.717, 1.165) is 29.3 Å². The van der Waals surface area contributed by atoms with Crippen LogP contribution in [-0.2, 0) is 9.59 Å². The van der Waals surface area contributed by atoms with Crippen molar-refractivity contribution >= 4 is 35.2 Å². The minimum Gasteiger partial charge on any atom is -0.496 e. The first-order valence-electron chi connectivity index (χ1n) is 9.55. The number of nitrogens with one attached hydrogen (secondary N) is 2. The predicted molar refractivity (Wildman–Crippen MR) is 114 cm³/mol. The Kier molecular flexibility index (Phi) is 7.27. The van der Waals surface area contributed by atoms with Gasteiger partial charge in [0.05, 0.1) is 44.0 Å². The lowest BCUT2D eigenvalue weighted by Crippen LogP contribution is -3.15. The van der Waals surface area contributed by atoms with Crippen LogP contribution < -0.4 is 15.0 Å². The molecule has 2 aromatic carbocycles. The molecule has 0 atom stereocenters. The highest BCUT2D eigenvalue weighted by atomic mass is 35.5. The van der Waals surface area contributed by atoms with Crippen molar-refractivity contribution in [3.8, 4) is 5.75 Å². The Hall–Kier alpha value is -2.83. The van der Waals surface area contributed by atoms with Crippen molar-refractivity contribution in [1.82, 2.24) is 4.90 Å². The number of benzene rings is 2. The van der Waals surface area contributed by atoms with Gasteiger partial charge in [-0.3, -0.25) is 9.59 Å². The maximum atomic E-state index is 12.5. The van der Waals surface area contributed by atoms with Crippen molar-refractivity contribution in [2.24, 2.45) is 0 Å². The van der Waals surface area contributed by atoms with Crippen LogP contribution in [0.2, 0.25) is 5.02 Å². The monoisotopic (exact) mass is 414 g/mol. The fourth-order valence-corrected chi connectivity index (χ4v) is 3.46. The highest BCUT2D eigenvalue weighted by Crippen LogP contribution is 2.20. The largest absolute Gasteiger partial charge is 0.496 e. The summed E-state index contributed by atoms with van der Waals surface area (Å²) in [6.07, 6.45) is 3.35. The number of anilines is 1. The fourth-order valence-electron chi connectivity index (χ4n) is 3.27. The Morgan fingerprint density at radius 1 is 1.14 bits per heavy atom. The van der Waals surface area contributed by atoms with Crippen molar-refractivity contribution in [2.45, 2.75) is 0 Å². The van der Waals surface area contributed by atoms with Crippen LogP contribution in [-0.4, -0.2) is 56.5 Å². The molecule has 1 aliphatic rings. The standard InChI is InChI=1S/C22H24ClN3O3/c1-29-20-9-5-2-6-17(20)10-11-22(28)26-14-12-25(13-15-26)16-21(27)24-19-8-4-3-7-18(19)23/h2-11H,12-16H2,1H3,(H,24,27)/p+1/b11-10+. The zero-order valence-electron chi connectivity index (χ0n) is 16.4. The average molecular weight is 415 g/mol. The minimum absolute atomic E-state index is 0.0320. The van der Waals surface area contributed by atoms with E-state index in [9.17, 15) is 9.59 Å². The summed E-state index contributed by atoms with van der Waals surface area (Å²) in [6, 6.07) is 14.7. The molecule has 7 heteroatoms. The van der Waals surface area contributed by atoms with Crippen LogP contribution in [0.15, 0.2) is 54.6 Å². The van der Waals surface area contributed by atoms with Crippen LogP contribution in [0.4, 0.5) is 5.69 Å². The number of carbonyl (C=O) groups is 2. The summed E-state index contributed by atoms with van der Waals surface area (Å²) in [5, 5.41) is 3.37. The van der Waals surface area contributed by atoms with Gasteiger partial charge in [-0.1, -0.05) is 41.9 Å². The third-order valence-electron chi connectivity index (χ3n) is 4.89. The summed E-state index contributed by atoms with van der Waals surface area (Å²) < 4.78 is 5.30. The first-order chi connectivity index (χ1) is 14.1. The number of para-hydroxylation sites is 2.